The third-order valence-corrected chi connectivity index (χ3v) is 17.8. The molecule has 6 nitrogen and oxygen atoms in total. The largest absolute Gasteiger partial charge is 0.466 e. The molecule has 0 bridgehead atoms. The summed E-state index contributed by atoms with van der Waals surface area (Å²) in [6.45, 7) is 4.99. The van der Waals surface area contributed by atoms with E-state index in [-0.39, 0.29) is 18.5 Å². The van der Waals surface area contributed by atoms with Crippen molar-refractivity contribution in [3.8, 4) is 0 Å². The van der Waals surface area contributed by atoms with Gasteiger partial charge >= 0.3 is 5.97 Å². The van der Waals surface area contributed by atoms with E-state index >= 15 is 0 Å². The van der Waals surface area contributed by atoms with Gasteiger partial charge in [-0.3, -0.25) is 9.59 Å². The summed E-state index contributed by atoms with van der Waals surface area (Å²) in [7, 11) is 0. The van der Waals surface area contributed by atoms with E-state index in [0.717, 1.165) is 44.9 Å². The van der Waals surface area contributed by atoms with Crippen LogP contribution in [0.3, 0.4) is 0 Å². The molecule has 0 aromatic rings. The van der Waals surface area contributed by atoms with Crippen molar-refractivity contribution in [3.05, 3.63) is 24.3 Å². The number of esters is 1. The zero-order valence-corrected chi connectivity index (χ0v) is 55.8. The molecule has 0 aliphatic heterocycles. The number of hydrogen-bond donors (Lipinski definition) is 3. The van der Waals surface area contributed by atoms with Crippen LogP contribution in [-0.4, -0.2) is 47.4 Å². The van der Waals surface area contributed by atoms with Crippen LogP contribution in [0.25, 0.3) is 0 Å². The van der Waals surface area contributed by atoms with Gasteiger partial charge in [0.1, 0.15) is 0 Å². The summed E-state index contributed by atoms with van der Waals surface area (Å²) >= 11 is 0. The quantitative estimate of drug-likeness (QED) is 0.0320. The Morgan fingerprint density at radius 2 is 0.610 bits per heavy atom. The number of nitrogens with one attached hydrogen (secondary N) is 1. The van der Waals surface area contributed by atoms with Gasteiger partial charge in [0, 0.05) is 12.8 Å². The van der Waals surface area contributed by atoms with E-state index in [9.17, 15) is 19.8 Å². The molecule has 0 rings (SSSR count). The maximum absolute atomic E-state index is 12.6. The maximum atomic E-state index is 12.6. The highest BCUT2D eigenvalue weighted by atomic mass is 16.5. The van der Waals surface area contributed by atoms with Crippen molar-refractivity contribution in [2.24, 2.45) is 0 Å². The normalized spacial score (nSPS) is 12.6. The molecule has 0 spiro atoms. The highest BCUT2D eigenvalue weighted by Crippen LogP contribution is 2.19. The van der Waals surface area contributed by atoms with E-state index in [1.807, 2.05) is 0 Å². The fourth-order valence-corrected chi connectivity index (χ4v) is 12.0. The Bertz CT molecular complexity index is 1280. The molecular formula is C76H147NO5. The van der Waals surface area contributed by atoms with Crippen LogP contribution in [-0.2, 0) is 14.3 Å². The van der Waals surface area contributed by atoms with Crippen LogP contribution < -0.4 is 5.32 Å². The van der Waals surface area contributed by atoms with Crippen LogP contribution in [0, 0.1) is 0 Å². The van der Waals surface area contributed by atoms with E-state index in [2.05, 4.69) is 43.5 Å². The Balaban J connectivity index is 3.38. The molecule has 0 saturated carbocycles. The Hall–Kier alpha value is -1.66. The predicted octanol–water partition coefficient (Wildman–Crippen LogP) is 24.5. The van der Waals surface area contributed by atoms with Crippen molar-refractivity contribution < 1.29 is 24.5 Å². The molecule has 2 atom stereocenters. The Morgan fingerprint density at radius 3 is 0.927 bits per heavy atom. The minimum absolute atomic E-state index is 0.0146. The molecule has 0 aliphatic carbocycles. The molecule has 82 heavy (non-hydrogen) atoms. The predicted molar refractivity (Wildman–Crippen MR) is 361 cm³/mol. The number of unbranched alkanes of at least 4 members (excludes halogenated alkanes) is 56. The number of carbonyl (C=O) groups excluding carboxylic acids is 2. The van der Waals surface area contributed by atoms with Crippen molar-refractivity contribution in [2.45, 2.75) is 437 Å². The molecule has 0 heterocycles. The molecule has 0 aromatic carbocycles. The molecule has 0 saturated heterocycles. The lowest BCUT2D eigenvalue weighted by atomic mass is 10.0. The van der Waals surface area contributed by atoms with Gasteiger partial charge in [0.2, 0.25) is 5.91 Å². The first-order valence-electron chi connectivity index (χ1n) is 37.6. The number of ether oxygens (including phenoxy) is 1. The minimum atomic E-state index is -0.664. The van der Waals surface area contributed by atoms with Gasteiger partial charge < -0.3 is 20.3 Å². The smallest absolute Gasteiger partial charge is 0.305 e. The van der Waals surface area contributed by atoms with Crippen LogP contribution in [0.15, 0.2) is 24.3 Å². The van der Waals surface area contributed by atoms with Gasteiger partial charge in [-0.05, 0) is 57.8 Å². The fourth-order valence-electron chi connectivity index (χ4n) is 12.0. The number of allylic oxidation sites excluding steroid dienone is 4. The van der Waals surface area contributed by atoms with Gasteiger partial charge in [0.05, 0.1) is 25.4 Å². The highest BCUT2D eigenvalue weighted by molar-refractivity contribution is 5.76. The summed E-state index contributed by atoms with van der Waals surface area (Å²) in [5, 5.41) is 23.4. The van der Waals surface area contributed by atoms with E-state index < -0.39 is 12.1 Å². The van der Waals surface area contributed by atoms with Gasteiger partial charge in [-0.15, -0.1) is 0 Å². The number of hydrogen-bond acceptors (Lipinski definition) is 5. The van der Waals surface area contributed by atoms with Crippen molar-refractivity contribution in [3.63, 3.8) is 0 Å². The first-order chi connectivity index (χ1) is 40.5. The second kappa shape index (κ2) is 71.8. The number of carbonyl (C=O) groups is 2. The summed E-state index contributed by atoms with van der Waals surface area (Å²) in [6, 6.07) is -0.541. The molecule has 0 radical (unpaired) electrons. The lowest BCUT2D eigenvalue weighted by Crippen LogP contribution is -2.45. The first-order valence-corrected chi connectivity index (χ1v) is 37.6. The van der Waals surface area contributed by atoms with E-state index in [0.29, 0.717) is 25.9 Å². The SMILES string of the molecule is CCCCCCCCCCCCCCCCCCCCCCCC(O)C(CO)NC(=O)CCCCCCCCCCCCCCCCCCC/C=C\C/C=C\CCCCCCCCCCCOC(=O)CCCCCCCCCCCCC. The van der Waals surface area contributed by atoms with Gasteiger partial charge in [-0.1, -0.05) is 378 Å². The van der Waals surface area contributed by atoms with E-state index in [4.69, 9.17) is 4.74 Å². The van der Waals surface area contributed by atoms with E-state index in [1.54, 1.807) is 0 Å². The summed E-state index contributed by atoms with van der Waals surface area (Å²) in [5.41, 5.74) is 0. The van der Waals surface area contributed by atoms with Crippen LogP contribution in [0.4, 0.5) is 0 Å². The number of aliphatic hydroxyl groups excluding tert-OH is 2. The standard InChI is InChI=1S/C76H147NO5/c1-3-5-7-9-11-13-15-16-17-18-19-33-36-39-42-45-49-52-56-60-64-68-74(79)73(72-78)77-75(80)69-65-61-57-53-50-46-43-40-37-34-31-29-27-25-23-21-20-22-24-26-28-30-32-35-38-41-44-47-51-55-59-63-67-71-82-76(81)70-66-62-58-54-48-14-12-10-8-6-4-2/h24,26,30,32,73-74,78-79H,3-23,25,27-29,31,33-72H2,1-2H3,(H,77,80)/b26-24-,32-30-. The number of aliphatic hydroxyl groups is 2. The Labute approximate surface area is 513 Å². The van der Waals surface area contributed by atoms with Crippen molar-refractivity contribution in [1.82, 2.24) is 5.32 Å². The second-order valence-corrected chi connectivity index (χ2v) is 26.0. The summed E-state index contributed by atoms with van der Waals surface area (Å²) in [5.74, 6) is -0.0135. The summed E-state index contributed by atoms with van der Waals surface area (Å²) < 4.78 is 5.47. The second-order valence-electron chi connectivity index (χ2n) is 26.0. The lowest BCUT2D eigenvalue weighted by Gasteiger charge is -2.22. The average Bonchev–Trinajstić information content (AvgIpc) is 3.48. The highest BCUT2D eigenvalue weighted by Gasteiger charge is 2.20. The molecule has 0 fully saturated rings. The van der Waals surface area contributed by atoms with Crippen LogP contribution in [0.2, 0.25) is 0 Å². The van der Waals surface area contributed by atoms with Gasteiger partial charge in [0.25, 0.3) is 0 Å². The number of amides is 1. The molecule has 0 aromatic heterocycles. The van der Waals surface area contributed by atoms with Crippen molar-refractivity contribution >= 4 is 11.9 Å². The average molecular weight is 1160 g/mol. The molecule has 486 valence electrons. The lowest BCUT2D eigenvalue weighted by molar-refractivity contribution is -0.143. The van der Waals surface area contributed by atoms with Gasteiger partial charge in [0.15, 0.2) is 0 Å². The Kier molecular flexibility index (Phi) is 70.4. The van der Waals surface area contributed by atoms with Gasteiger partial charge in [-0.25, -0.2) is 0 Å². The molecule has 6 heteroatoms. The molecule has 2 unspecified atom stereocenters. The Morgan fingerprint density at radius 1 is 0.341 bits per heavy atom. The maximum Gasteiger partial charge on any atom is 0.305 e. The molecule has 3 N–H and O–H groups in total. The molecule has 0 aliphatic rings. The summed E-state index contributed by atoms with van der Waals surface area (Å²) in [6.07, 6.45) is 91.1. The fraction of sp³-hybridized carbons (Fsp3) is 0.921. The van der Waals surface area contributed by atoms with E-state index in [1.165, 1.54) is 347 Å². The molecular weight excluding hydrogens is 1010 g/mol. The van der Waals surface area contributed by atoms with Crippen molar-refractivity contribution in [1.29, 1.82) is 0 Å². The zero-order chi connectivity index (χ0) is 59.2. The molecule has 1 amide bonds. The first kappa shape index (κ1) is 80.3. The summed E-state index contributed by atoms with van der Waals surface area (Å²) in [4.78, 5) is 24.6. The van der Waals surface area contributed by atoms with Crippen molar-refractivity contribution in [2.75, 3.05) is 13.2 Å². The zero-order valence-electron chi connectivity index (χ0n) is 55.8. The topological polar surface area (TPSA) is 95.9 Å². The third-order valence-electron chi connectivity index (χ3n) is 17.8. The van der Waals surface area contributed by atoms with Crippen LogP contribution in [0.5, 0.6) is 0 Å². The number of rotatable bonds is 71. The minimum Gasteiger partial charge on any atom is -0.466 e. The van der Waals surface area contributed by atoms with Gasteiger partial charge in [-0.2, -0.15) is 0 Å². The van der Waals surface area contributed by atoms with Crippen LogP contribution >= 0.6 is 0 Å². The third kappa shape index (κ3) is 67.5. The van der Waals surface area contributed by atoms with Crippen LogP contribution in [0.1, 0.15) is 425 Å². The monoisotopic (exact) mass is 1150 g/mol.